The zero-order chi connectivity index (χ0) is 18.4. The average Bonchev–Trinajstić information content (AvgIpc) is 3.05. The molecule has 1 aliphatic rings. The van der Waals surface area contributed by atoms with Gasteiger partial charge in [0, 0.05) is 45.0 Å². The van der Waals surface area contributed by atoms with Crippen LogP contribution in [-0.4, -0.2) is 59.9 Å². The Morgan fingerprint density at radius 3 is 2.73 bits per heavy atom. The molecular weight excluding hydrogens is 324 g/mol. The molecule has 1 saturated heterocycles. The van der Waals surface area contributed by atoms with Crippen LogP contribution in [0.4, 0.5) is 0 Å². The van der Waals surface area contributed by atoms with Gasteiger partial charge >= 0.3 is 0 Å². The number of hydrogen-bond acceptors (Lipinski definition) is 4. The third-order valence-corrected chi connectivity index (χ3v) is 5.26. The summed E-state index contributed by atoms with van der Waals surface area (Å²) in [5.41, 5.74) is 2.68. The van der Waals surface area contributed by atoms with Gasteiger partial charge in [0.15, 0.2) is 0 Å². The zero-order valence-corrected chi connectivity index (χ0v) is 16.4. The minimum Gasteiger partial charge on any atom is -0.497 e. The summed E-state index contributed by atoms with van der Waals surface area (Å²) in [5.74, 6) is 1.70. The number of methoxy groups -OCH3 is 1. The van der Waals surface area contributed by atoms with Crippen LogP contribution in [0.1, 0.15) is 24.0 Å². The topological polar surface area (TPSA) is 33.5 Å². The van der Waals surface area contributed by atoms with Crippen molar-refractivity contribution in [2.24, 2.45) is 13.0 Å². The summed E-state index contributed by atoms with van der Waals surface area (Å²) in [6.45, 7) is 5.74. The Morgan fingerprint density at radius 1 is 1.23 bits per heavy atom. The molecule has 1 fully saturated rings. The predicted octanol–water partition coefficient (Wildman–Crippen LogP) is 2.82. The van der Waals surface area contributed by atoms with Crippen molar-refractivity contribution in [2.75, 3.05) is 40.3 Å². The minimum absolute atomic E-state index is 0.765. The Morgan fingerprint density at radius 2 is 2.04 bits per heavy atom. The molecule has 5 nitrogen and oxygen atoms in total. The number of hydrogen-bond donors (Lipinski definition) is 0. The highest BCUT2D eigenvalue weighted by atomic mass is 16.5. The molecule has 2 heterocycles. The lowest BCUT2D eigenvalue weighted by atomic mass is 9.97. The highest BCUT2D eigenvalue weighted by Crippen LogP contribution is 2.19. The first-order valence-corrected chi connectivity index (χ1v) is 9.63. The fraction of sp³-hybridized carbons (Fsp3) is 0.571. The maximum Gasteiger partial charge on any atom is 0.118 e. The van der Waals surface area contributed by atoms with Gasteiger partial charge in [-0.15, -0.1) is 0 Å². The maximum atomic E-state index is 5.24. The van der Waals surface area contributed by atoms with Crippen LogP contribution in [0.25, 0.3) is 0 Å². The molecule has 1 aromatic heterocycles. The van der Waals surface area contributed by atoms with Crippen molar-refractivity contribution in [3.8, 4) is 5.75 Å². The lowest BCUT2D eigenvalue weighted by Gasteiger charge is -2.34. The highest BCUT2D eigenvalue weighted by molar-refractivity contribution is 5.27. The second-order valence-corrected chi connectivity index (χ2v) is 7.63. The standard InChI is InChI=1S/C21H32N4O/c1-23(15-20-13-22-24(2)16-20)14-19-5-4-11-25(17-19)12-10-18-6-8-21(26-3)9-7-18/h6-9,13,16,19H,4-5,10-12,14-15,17H2,1-3H3/t19-/m1/s1. The Hall–Kier alpha value is -1.85. The van der Waals surface area contributed by atoms with E-state index in [-0.39, 0.29) is 0 Å². The van der Waals surface area contributed by atoms with Crippen molar-refractivity contribution in [3.63, 3.8) is 0 Å². The monoisotopic (exact) mass is 356 g/mol. The van der Waals surface area contributed by atoms with E-state index < -0.39 is 0 Å². The van der Waals surface area contributed by atoms with Crippen molar-refractivity contribution in [1.82, 2.24) is 19.6 Å². The van der Waals surface area contributed by atoms with Crippen LogP contribution in [0.5, 0.6) is 5.75 Å². The fourth-order valence-electron chi connectivity index (χ4n) is 3.95. The summed E-state index contributed by atoms with van der Waals surface area (Å²) < 4.78 is 7.12. The molecule has 142 valence electrons. The number of rotatable bonds is 8. The maximum absolute atomic E-state index is 5.24. The minimum atomic E-state index is 0.765. The Labute approximate surface area is 157 Å². The molecule has 0 aliphatic carbocycles. The first-order valence-electron chi connectivity index (χ1n) is 9.63. The number of nitrogens with zero attached hydrogens (tertiary/aromatic N) is 4. The number of aryl methyl sites for hydroxylation is 1. The second-order valence-electron chi connectivity index (χ2n) is 7.63. The van der Waals surface area contributed by atoms with Crippen molar-refractivity contribution in [1.29, 1.82) is 0 Å². The molecule has 1 aliphatic heterocycles. The number of likely N-dealkylation sites (tertiary alicyclic amines) is 1. The molecule has 1 aromatic carbocycles. The van der Waals surface area contributed by atoms with E-state index in [1.165, 1.54) is 37.1 Å². The van der Waals surface area contributed by atoms with E-state index >= 15 is 0 Å². The quantitative estimate of drug-likeness (QED) is 0.728. The number of piperidine rings is 1. The molecule has 1 atom stereocenters. The Balaban J connectivity index is 1.42. The van der Waals surface area contributed by atoms with Crippen LogP contribution in [0, 0.1) is 5.92 Å². The molecular formula is C21H32N4O. The van der Waals surface area contributed by atoms with Gasteiger partial charge in [-0.25, -0.2) is 0 Å². The SMILES string of the molecule is COc1ccc(CCN2CCC[C@H](CN(C)Cc3cnn(C)c3)C2)cc1. The van der Waals surface area contributed by atoms with Gasteiger partial charge in [0.25, 0.3) is 0 Å². The van der Waals surface area contributed by atoms with Crippen molar-refractivity contribution < 1.29 is 4.74 Å². The summed E-state index contributed by atoms with van der Waals surface area (Å²) >= 11 is 0. The lowest BCUT2D eigenvalue weighted by molar-refractivity contribution is 0.142. The van der Waals surface area contributed by atoms with Crippen LogP contribution in [0.3, 0.4) is 0 Å². The van der Waals surface area contributed by atoms with Crippen molar-refractivity contribution in [2.45, 2.75) is 25.8 Å². The van der Waals surface area contributed by atoms with Crippen LogP contribution >= 0.6 is 0 Å². The van der Waals surface area contributed by atoms with Crippen LogP contribution in [0.2, 0.25) is 0 Å². The molecule has 0 amide bonds. The first kappa shape index (κ1) is 18.9. The molecule has 0 spiro atoms. The van der Waals surface area contributed by atoms with Gasteiger partial charge in [-0.2, -0.15) is 5.10 Å². The van der Waals surface area contributed by atoms with E-state index in [0.29, 0.717) is 0 Å². The largest absolute Gasteiger partial charge is 0.497 e. The van der Waals surface area contributed by atoms with Gasteiger partial charge in [-0.3, -0.25) is 4.68 Å². The molecule has 0 N–H and O–H groups in total. The third-order valence-electron chi connectivity index (χ3n) is 5.26. The van der Waals surface area contributed by atoms with Gasteiger partial charge in [0.1, 0.15) is 5.75 Å². The Kier molecular flexibility index (Phi) is 6.69. The molecule has 5 heteroatoms. The first-order chi connectivity index (χ1) is 12.6. The molecule has 3 rings (SSSR count). The van der Waals surface area contributed by atoms with Crippen LogP contribution in [0.15, 0.2) is 36.7 Å². The average molecular weight is 357 g/mol. The van der Waals surface area contributed by atoms with E-state index in [1.807, 2.05) is 17.9 Å². The smallest absolute Gasteiger partial charge is 0.118 e. The van der Waals surface area contributed by atoms with Gasteiger partial charge in [0.2, 0.25) is 0 Å². The normalized spacial score (nSPS) is 18.4. The van der Waals surface area contributed by atoms with Crippen molar-refractivity contribution >= 4 is 0 Å². The van der Waals surface area contributed by atoms with Gasteiger partial charge in [-0.1, -0.05) is 12.1 Å². The molecule has 26 heavy (non-hydrogen) atoms. The summed E-state index contributed by atoms with van der Waals surface area (Å²) in [6.07, 6.45) is 7.85. The molecule has 0 unspecified atom stereocenters. The molecule has 0 bridgehead atoms. The van der Waals surface area contributed by atoms with Crippen molar-refractivity contribution in [3.05, 3.63) is 47.8 Å². The lowest BCUT2D eigenvalue weighted by Crippen LogP contribution is -2.40. The van der Waals surface area contributed by atoms with E-state index in [0.717, 1.165) is 37.7 Å². The van der Waals surface area contributed by atoms with Crippen LogP contribution < -0.4 is 4.74 Å². The van der Waals surface area contributed by atoms with Gasteiger partial charge in [0.05, 0.1) is 13.3 Å². The number of aromatic nitrogens is 2. The van der Waals surface area contributed by atoms with E-state index in [1.54, 1.807) is 7.11 Å². The summed E-state index contributed by atoms with van der Waals surface area (Å²) in [6, 6.07) is 8.48. The summed E-state index contributed by atoms with van der Waals surface area (Å²) in [7, 11) is 5.92. The molecule has 0 radical (unpaired) electrons. The van der Waals surface area contributed by atoms with E-state index in [4.69, 9.17) is 4.74 Å². The van der Waals surface area contributed by atoms with Crippen LogP contribution in [-0.2, 0) is 20.0 Å². The Bertz CT molecular complexity index is 667. The second kappa shape index (κ2) is 9.19. The predicted molar refractivity (Wildman–Crippen MR) is 105 cm³/mol. The highest BCUT2D eigenvalue weighted by Gasteiger charge is 2.21. The number of benzene rings is 1. The van der Waals surface area contributed by atoms with Gasteiger partial charge < -0.3 is 14.5 Å². The fourth-order valence-corrected chi connectivity index (χ4v) is 3.95. The van der Waals surface area contributed by atoms with Gasteiger partial charge in [-0.05, 0) is 56.5 Å². The molecule has 2 aromatic rings. The summed E-state index contributed by atoms with van der Waals surface area (Å²) in [5, 5.41) is 4.27. The molecule has 0 saturated carbocycles. The zero-order valence-electron chi connectivity index (χ0n) is 16.4. The summed E-state index contributed by atoms with van der Waals surface area (Å²) in [4.78, 5) is 5.07. The van der Waals surface area contributed by atoms with E-state index in [9.17, 15) is 0 Å². The number of ether oxygens (including phenoxy) is 1. The van der Waals surface area contributed by atoms with E-state index in [2.05, 4.69) is 52.4 Å². The third kappa shape index (κ3) is 5.58.